The van der Waals surface area contributed by atoms with E-state index in [0.29, 0.717) is 11.3 Å². The summed E-state index contributed by atoms with van der Waals surface area (Å²) in [7, 11) is 0. The summed E-state index contributed by atoms with van der Waals surface area (Å²) in [5.41, 5.74) is 1.08. The summed E-state index contributed by atoms with van der Waals surface area (Å²) in [5, 5.41) is 18.3. The number of hydrogen-bond acceptors (Lipinski definition) is 6. The molecule has 0 aromatic heterocycles. The van der Waals surface area contributed by atoms with Crippen LogP contribution in [0, 0.1) is 22.7 Å². The summed E-state index contributed by atoms with van der Waals surface area (Å²) in [4.78, 5) is 24.1. The fourth-order valence-corrected chi connectivity index (χ4v) is 2.53. The first kappa shape index (κ1) is 19.3. The Balaban J connectivity index is 1.65. The van der Waals surface area contributed by atoms with E-state index in [-0.39, 0.29) is 34.8 Å². The number of carbonyl (C=O) groups is 2. The number of rotatable bonds is 6. The molecule has 3 aromatic carbocycles. The van der Waals surface area contributed by atoms with E-state index in [1.807, 2.05) is 12.1 Å². The minimum Gasteiger partial charge on any atom is -0.456 e. The van der Waals surface area contributed by atoms with Gasteiger partial charge in [-0.1, -0.05) is 36.4 Å². The average Bonchev–Trinajstić information content (AvgIpc) is 2.78. The van der Waals surface area contributed by atoms with Gasteiger partial charge in [0, 0.05) is 5.56 Å². The highest BCUT2D eigenvalue weighted by atomic mass is 16.5. The number of nitrogens with zero attached hydrogens (tertiary/aromatic N) is 2. The number of carbonyl (C=O) groups excluding carboxylic acids is 2. The number of hydrogen-bond donors (Lipinski definition) is 0. The van der Waals surface area contributed by atoms with Gasteiger partial charge in [-0.25, -0.2) is 4.79 Å². The molecule has 0 radical (unpaired) electrons. The minimum absolute atomic E-state index is 0.137. The lowest BCUT2D eigenvalue weighted by Gasteiger charge is -2.09. The van der Waals surface area contributed by atoms with Crippen molar-refractivity contribution in [3.05, 3.63) is 95.1 Å². The van der Waals surface area contributed by atoms with Crippen molar-refractivity contribution in [3.8, 4) is 23.6 Å². The van der Waals surface area contributed by atoms with Crippen molar-refractivity contribution in [2.45, 2.75) is 0 Å². The third-order valence-electron chi connectivity index (χ3n) is 4.01. The molecule has 3 aromatic rings. The Bertz CT molecular complexity index is 1120. The van der Waals surface area contributed by atoms with Crippen molar-refractivity contribution in [2.75, 3.05) is 6.61 Å². The Morgan fingerprint density at radius 1 is 0.793 bits per heavy atom. The maximum atomic E-state index is 12.1. The second-order valence-corrected chi connectivity index (χ2v) is 5.89. The highest BCUT2D eigenvalue weighted by molar-refractivity contribution is 5.99. The van der Waals surface area contributed by atoms with Crippen molar-refractivity contribution >= 4 is 11.8 Å². The normalized spacial score (nSPS) is 9.72. The van der Waals surface area contributed by atoms with E-state index in [2.05, 4.69) is 0 Å². The Hall–Kier alpha value is -4.42. The van der Waals surface area contributed by atoms with Gasteiger partial charge < -0.3 is 9.47 Å². The minimum atomic E-state index is -0.634. The highest BCUT2D eigenvalue weighted by Crippen LogP contribution is 2.27. The number of Topliss-reactive ketones (excluding diaryl/α,β-unsaturated/α-hetero) is 1. The molecule has 0 aliphatic heterocycles. The lowest BCUT2D eigenvalue weighted by Crippen LogP contribution is -2.14. The van der Waals surface area contributed by atoms with Crippen LogP contribution in [0.5, 0.6) is 11.5 Å². The molecule has 0 fully saturated rings. The molecule has 0 aliphatic rings. The van der Waals surface area contributed by atoms with Crippen LogP contribution in [0.15, 0.2) is 72.8 Å². The largest absolute Gasteiger partial charge is 0.456 e. The van der Waals surface area contributed by atoms with Crippen LogP contribution in [0.2, 0.25) is 0 Å². The summed E-state index contributed by atoms with van der Waals surface area (Å²) in [6, 6.07) is 23.2. The quantitative estimate of drug-likeness (QED) is 0.466. The number of benzene rings is 3. The highest BCUT2D eigenvalue weighted by Gasteiger charge is 2.13. The van der Waals surface area contributed by atoms with E-state index >= 15 is 0 Å². The second-order valence-electron chi connectivity index (χ2n) is 5.89. The zero-order valence-corrected chi connectivity index (χ0v) is 15.2. The molecule has 0 atom stereocenters. The summed E-state index contributed by atoms with van der Waals surface area (Å²) < 4.78 is 10.7. The van der Waals surface area contributed by atoms with Gasteiger partial charge in [0.05, 0.1) is 11.1 Å². The van der Waals surface area contributed by atoms with E-state index in [4.69, 9.17) is 14.7 Å². The standard InChI is InChI=1S/C23H14N2O4/c24-13-18-7-4-8-22(20(18)14-25)29-19-11-9-17(10-12-19)23(27)28-15-21(26)16-5-2-1-3-6-16/h1-12H,15H2. The molecule has 0 heterocycles. The molecule has 0 unspecified atom stereocenters. The fourth-order valence-electron chi connectivity index (χ4n) is 2.53. The van der Waals surface area contributed by atoms with Gasteiger partial charge in [0.2, 0.25) is 0 Å². The molecule has 0 aliphatic carbocycles. The zero-order chi connectivity index (χ0) is 20.6. The van der Waals surface area contributed by atoms with Gasteiger partial charge in [-0.15, -0.1) is 0 Å². The van der Waals surface area contributed by atoms with Gasteiger partial charge in [-0.3, -0.25) is 4.79 Å². The average molecular weight is 382 g/mol. The Morgan fingerprint density at radius 3 is 2.17 bits per heavy atom. The molecule has 6 heteroatoms. The number of ketones is 1. The van der Waals surface area contributed by atoms with Gasteiger partial charge in [-0.2, -0.15) is 10.5 Å². The van der Waals surface area contributed by atoms with Gasteiger partial charge in [-0.05, 0) is 36.4 Å². The molecule has 29 heavy (non-hydrogen) atoms. The molecule has 0 amide bonds. The fraction of sp³-hybridized carbons (Fsp3) is 0.0435. The summed E-state index contributed by atoms with van der Waals surface area (Å²) in [5.74, 6) is -0.297. The Kier molecular flexibility index (Phi) is 5.99. The summed E-state index contributed by atoms with van der Waals surface area (Å²) >= 11 is 0. The summed E-state index contributed by atoms with van der Waals surface area (Å²) in [6.45, 7) is -0.354. The van der Waals surface area contributed by atoms with Crippen molar-refractivity contribution in [1.29, 1.82) is 10.5 Å². The molecule has 3 rings (SSSR count). The maximum absolute atomic E-state index is 12.1. The van der Waals surface area contributed by atoms with Crippen LogP contribution in [-0.4, -0.2) is 18.4 Å². The van der Waals surface area contributed by atoms with Crippen LogP contribution in [0.25, 0.3) is 0 Å². The first-order chi connectivity index (χ1) is 14.1. The summed E-state index contributed by atoms with van der Waals surface area (Å²) in [6.07, 6.45) is 0. The smallest absolute Gasteiger partial charge is 0.338 e. The number of esters is 1. The predicted molar refractivity (Wildman–Crippen MR) is 103 cm³/mol. The number of ether oxygens (including phenoxy) is 2. The van der Waals surface area contributed by atoms with Crippen molar-refractivity contribution < 1.29 is 19.1 Å². The van der Waals surface area contributed by atoms with Gasteiger partial charge >= 0.3 is 5.97 Å². The Labute approximate surface area is 167 Å². The van der Waals surface area contributed by atoms with Crippen LogP contribution < -0.4 is 4.74 Å². The molecule has 6 nitrogen and oxygen atoms in total. The monoisotopic (exact) mass is 382 g/mol. The van der Waals surface area contributed by atoms with Gasteiger partial charge in [0.15, 0.2) is 12.4 Å². The van der Waals surface area contributed by atoms with Crippen molar-refractivity contribution in [1.82, 2.24) is 0 Å². The SMILES string of the molecule is N#Cc1cccc(Oc2ccc(C(=O)OCC(=O)c3ccccc3)cc2)c1C#N. The van der Waals surface area contributed by atoms with Crippen LogP contribution >= 0.6 is 0 Å². The topological polar surface area (TPSA) is 100 Å². The lowest BCUT2D eigenvalue weighted by molar-refractivity contribution is 0.0474. The Morgan fingerprint density at radius 2 is 1.52 bits per heavy atom. The first-order valence-electron chi connectivity index (χ1n) is 8.59. The zero-order valence-electron chi connectivity index (χ0n) is 15.2. The van der Waals surface area contributed by atoms with Gasteiger partial charge in [0.25, 0.3) is 0 Å². The van der Waals surface area contributed by atoms with Crippen molar-refractivity contribution in [2.24, 2.45) is 0 Å². The van der Waals surface area contributed by atoms with E-state index in [9.17, 15) is 14.9 Å². The molecule has 0 bridgehead atoms. The van der Waals surface area contributed by atoms with E-state index in [1.165, 1.54) is 30.3 Å². The third-order valence-corrected chi connectivity index (χ3v) is 4.01. The van der Waals surface area contributed by atoms with E-state index < -0.39 is 5.97 Å². The van der Waals surface area contributed by atoms with Gasteiger partial charge in [0.1, 0.15) is 29.2 Å². The van der Waals surface area contributed by atoms with Crippen LogP contribution in [0.4, 0.5) is 0 Å². The molecule has 140 valence electrons. The van der Waals surface area contributed by atoms with Crippen LogP contribution in [0.1, 0.15) is 31.8 Å². The second kappa shape index (κ2) is 8.98. The molecular weight excluding hydrogens is 368 g/mol. The molecule has 0 N–H and O–H groups in total. The van der Waals surface area contributed by atoms with Crippen LogP contribution in [-0.2, 0) is 4.74 Å². The van der Waals surface area contributed by atoms with Crippen molar-refractivity contribution in [3.63, 3.8) is 0 Å². The van der Waals surface area contributed by atoms with E-state index in [0.717, 1.165) is 0 Å². The van der Waals surface area contributed by atoms with E-state index in [1.54, 1.807) is 42.5 Å². The third kappa shape index (κ3) is 4.65. The van der Waals surface area contributed by atoms with Crippen LogP contribution in [0.3, 0.4) is 0 Å². The first-order valence-corrected chi connectivity index (χ1v) is 8.59. The predicted octanol–water partition coefficient (Wildman–Crippen LogP) is 4.26. The molecule has 0 spiro atoms. The molecule has 0 saturated carbocycles. The molecular formula is C23H14N2O4. The number of nitriles is 2. The maximum Gasteiger partial charge on any atom is 0.338 e. The lowest BCUT2D eigenvalue weighted by atomic mass is 10.1. The molecule has 0 saturated heterocycles.